The zero-order chi connectivity index (χ0) is 25.5. The quantitative estimate of drug-likeness (QED) is 0.382. The average molecular weight is 484 g/mol. The monoisotopic (exact) mass is 483 g/mol. The molecule has 0 unspecified atom stereocenters. The topological polar surface area (TPSA) is 82.5 Å². The van der Waals surface area contributed by atoms with Crippen molar-refractivity contribution in [3.63, 3.8) is 0 Å². The summed E-state index contributed by atoms with van der Waals surface area (Å²) in [7, 11) is 3.95. The van der Waals surface area contributed by atoms with Crippen LogP contribution in [-0.2, 0) is 16.0 Å². The predicted octanol–water partition coefficient (Wildman–Crippen LogP) is 6.04. The second-order valence-corrected chi connectivity index (χ2v) is 9.77. The number of nitrogens with zero attached hydrogens (tertiary/aromatic N) is 2. The molecule has 2 N–H and O–H groups in total. The first-order valence-electron chi connectivity index (χ1n) is 12.4. The number of carboxylic acid groups (broad SMARTS) is 1. The highest BCUT2D eigenvalue weighted by Gasteiger charge is 2.39. The first-order chi connectivity index (χ1) is 17.3. The van der Waals surface area contributed by atoms with Crippen LogP contribution >= 0.6 is 0 Å². The third-order valence-corrected chi connectivity index (χ3v) is 6.89. The molecule has 0 aliphatic heterocycles. The van der Waals surface area contributed by atoms with Gasteiger partial charge in [-0.3, -0.25) is 4.79 Å². The van der Waals surface area contributed by atoms with Crippen molar-refractivity contribution in [2.45, 2.75) is 38.5 Å². The molecule has 3 aromatic rings. The van der Waals surface area contributed by atoms with Gasteiger partial charge in [-0.1, -0.05) is 55.7 Å². The maximum absolute atomic E-state index is 13.6. The lowest BCUT2D eigenvalue weighted by Gasteiger charge is -2.36. The Morgan fingerprint density at radius 3 is 2.36 bits per heavy atom. The number of amides is 1. The minimum Gasteiger partial charge on any atom is -0.478 e. The number of carbonyl (C=O) groups is 2. The molecule has 1 aliphatic rings. The number of aliphatic carboxylic acids is 1. The molecule has 6 nitrogen and oxygen atoms in total. The minimum atomic E-state index is -1.00. The number of aromatic nitrogens is 1. The third kappa shape index (κ3) is 6.19. The fourth-order valence-electron chi connectivity index (χ4n) is 4.89. The summed E-state index contributed by atoms with van der Waals surface area (Å²) in [6.07, 6.45) is 10.1. The predicted molar refractivity (Wildman–Crippen MR) is 145 cm³/mol. The summed E-state index contributed by atoms with van der Waals surface area (Å²) >= 11 is 0. The summed E-state index contributed by atoms with van der Waals surface area (Å²) in [6, 6.07) is 19.8. The molecule has 1 amide bonds. The van der Waals surface area contributed by atoms with Gasteiger partial charge in [0.15, 0.2) is 0 Å². The van der Waals surface area contributed by atoms with Crippen LogP contribution in [0.25, 0.3) is 17.2 Å². The van der Waals surface area contributed by atoms with Crippen molar-refractivity contribution in [2.75, 3.05) is 24.3 Å². The van der Waals surface area contributed by atoms with Gasteiger partial charge in [-0.2, -0.15) is 0 Å². The highest BCUT2D eigenvalue weighted by atomic mass is 16.4. The number of carbonyl (C=O) groups excluding carboxylic acids is 1. The van der Waals surface area contributed by atoms with E-state index in [4.69, 9.17) is 5.11 Å². The lowest BCUT2D eigenvalue weighted by Crippen LogP contribution is -2.40. The lowest BCUT2D eigenvalue weighted by atomic mass is 9.69. The molecule has 1 heterocycles. The fraction of sp³-hybridized carbons (Fsp3) is 0.300. The summed E-state index contributed by atoms with van der Waals surface area (Å²) in [6.45, 7) is 0. The van der Waals surface area contributed by atoms with E-state index in [1.807, 2.05) is 49.5 Å². The van der Waals surface area contributed by atoms with Crippen LogP contribution in [-0.4, -0.2) is 36.1 Å². The van der Waals surface area contributed by atoms with Crippen molar-refractivity contribution < 1.29 is 14.7 Å². The molecule has 36 heavy (non-hydrogen) atoms. The van der Waals surface area contributed by atoms with Gasteiger partial charge < -0.3 is 15.3 Å². The Hall–Kier alpha value is -3.93. The first-order valence-corrected chi connectivity index (χ1v) is 12.4. The smallest absolute Gasteiger partial charge is 0.328 e. The van der Waals surface area contributed by atoms with E-state index in [-0.39, 0.29) is 5.91 Å². The van der Waals surface area contributed by atoms with Gasteiger partial charge in [0.25, 0.3) is 0 Å². The van der Waals surface area contributed by atoms with Crippen LogP contribution in [0.4, 0.5) is 11.5 Å². The second-order valence-electron chi connectivity index (χ2n) is 9.77. The maximum atomic E-state index is 13.6. The molecule has 2 aromatic carbocycles. The number of carboxylic acids is 1. The number of rotatable bonds is 8. The van der Waals surface area contributed by atoms with E-state index in [1.165, 1.54) is 6.08 Å². The Morgan fingerprint density at radius 2 is 1.72 bits per heavy atom. The van der Waals surface area contributed by atoms with E-state index in [9.17, 15) is 9.59 Å². The molecule has 0 bridgehead atoms. The van der Waals surface area contributed by atoms with Crippen LogP contribution in [0, 0.1) is 5.41 Å². The Kier molecular flexibility index (Phi) is 7.84. The van der Waals surface area contributed by atoms with Gasteiger partial charge in [0.2, 0.25) is 5.91 Å². The van der Waals surface area contributed by atoms with Gasteiger partial charge in [0.1, 0.15) is 5.82 Å². The molecule has 0 atom stereocenters. The molecule has 1 fully saturated rings. The van der Waals surface area contributed by atoms with Gasteiger partial charge in [0, 0.05) is 37.6 Å². The highest BCUT2D eigenvalue weighted by molar-refractivity contribution is 5.96. The van der Waals surface area contributed by atoms with Gasteiger partial charge in [-0.05, 0) is 66.3 Å². The van der Waals surface area contributed by atoms with Crippen molar-refractivity contribution in [3.8, 4) is 11.1 Å². The number of nitrogens with one attached hydrogen (secondary N) is 1. The van der Waals surface area contributed by atoms with Crippen molar-refractivity contribution in [1.82, 2.24) is 4.98 Å². The Balaban J connectivity index is 1.50. The van der Waals surface area contributed by atoms with Crippen molar-refractivity contribution in [2.24, 2.45) is 5.41 Å². The maximum Gasteiger partial charge on any atom is 0.328 e. The molecular weight excluding hydrogens is 450 g/mol. The van der Waals surface area contributed by atoms with E-state index in [2.05, 4.69) is 40.6 Å². The zero-order valence-corrected chi connectivity index (χ0v) is 20.9. The van der Waals surface area contributed by atoms with Gasteiger partial charge in [-0.15, -0.1) is 0 Å². The number of benzene rings is 2. The molecular formula is C30H33N3O3. The summed E-state index contributed by atoms with van der Waals surface area (Å²) in [5, 5.41) is 12.0. The number of hydrogen-bond acceptors (Lipinski definition) is 4. The molecule has 6 heteroatoms. The highest BCUT2D eigenvalue weighted by Crippen LogP contribution is 2.40. The number of hydrogen-bond donors (Lipinski definition) is 2. The van der Waals surface area contributed by atoms with E-state index >= 15 is 0 Å². The third-order valence-electron chi connectivity index (χ3n) is 6.89. The van der Waals surface area contributed by atoms with Crippen LogP contribution in [0.1, 0.15) is 43.2 Å². The molecule has 0 spiro atoms. The molecule has 186 valence electrons. The molecule has 1 aromatic heterocycles. The minimum absolute atomic E-state index is 0.0362. The molecule has 0 saturated heterocycles. The first kappa shape index (κ1) is 25.2. The second kappa shape index (κ2) is 11.2. The van der Waals surface area contributed by atoms with Crippen molar-refractivity contribution >= 4 is 29.5 Å². The van der Waals surface area contributed by atoms with Crippen LogP contribution in [0.2, 0.25) is 0 Å². The van der Waals surface area contributed by atoms with Gasteiger partial charge in [0.05, 0.1) is 5.41 Å². The largest absolute Gasteiger partial charge is 0.478 e. The SMILES string of the molecule is CN(C)c1ccc(-c2ccc(CC3(C(=O)Nc4cccc(/C=C/C(=O)O)c4)CCCCC3)cc2)cn1. The number of anilines is 2. The lowest BCUT2D eigenvalue weighted by molar-refractivity contribution is -0.131. The van der Waals surface area contributed by atoms with Gasteiger partial charge >= 0.3 is 5.97 Å². The molecule has 4 rings (SSSR count). The van der Waals surface area contributed by atoms with Crippen LogP contribution < -0.4 is 10.2 Å². The average Bonchev–Trinajstić information content (AvgIpc) is 2.89. The molecule has 0 radical (unpaired) electrons. The Labute approximate surface area is 212 Å². The van der Waals surface area contributed by atoms with Gasteiger partial charge in [-0.25, -0.2) is 9.78 Å². The summed E-state index contributed by atoms with van der Waals surface area (Å²) in [5.74, 6) is -0.0448. The van der Waals surface area contributed by atoms with Crippen LogP contribution in [0.3, 0.4) is 0 Å². The van der Waals surface area contributed by atoms with Crippen LogP contribution in [0.5, 0.6) is 0 Å². The zero-order valence-electron chi connectivity index (χ0n) is 20.9. The summed E-state index contributed by atoms with van der Waals surface area (Å²) in [4.78, 5) is 30.9. The van der Waals surface area contributed by atoms with Crippen molar-refractivity contribution in [3.05, 3.63) is 84.1 Å². The fourth-order valence-corrected chi connectivity index (χ4v) is 4.89. The van der Waals surface area contributed by atoms with Crippen molar-refractivity contribution in [1.29, 1.82) is 0 Å². The Bertz CT molecular complexity index is 1230. The molecule has 1 saturated carbocycles. The van der Waals surface area contributed by atoms with E-state index in [1.54, 1.807) is 6.07 Å². The summed E-state index contributed by atoms with van der Waals surface area (Å²) in [5.41, 5.74) is 4.27. The summed E-state index contributed by atoms with van der Waals surface area (Å²) < 4.78 is 0. The van der Waals surface area contributed by atoms with E-state index < -0.39 is 11.4 Å². The Morgan fingerprint density at radius 1 is 1.00 bits per heavy atom. The molecule has 1 aliphatic carbocycles. The standard InChI is InChI=1S/C30H33N3O3/c1-33(2)27-15-14-25(21-31-27)24-12-9-23(10-13-24)20-30(17-4-3-5-18-30)29(36)32-26-8-6-7-22(19-26)11-16-28(34)35/h6-16,19,21H,3-5,17-18,20H2,1-2H3,(H,32,36)(H,34,35)/b16-11+. The van der Waals surface area contributed by atoms with E-state index in [0.29, 0.717) is 12.1 Å². The van der Waals surface area contributed by atoms with E-state index in [0.717, 1.165) is 66.3 Å². The van der Waals surface area contributed by atoms with Crippen LogP contribution in [0.15, 0.2) is 72.9 Å². The number of pyridine rings is 1. The normalized spacial score (nSPS) is 14.9.